The van der Waals surface area contributed by atoms with Gasteiger partial charge in [0.25, 0.3) is 0 Å². The van der Waals surface area contributed by atoms with Gasteiger partial charge in [0.2, 0.25) is 0 Å². The Balaban J connectivity index is 1.48. The summed E-state index contributed by atoms with van der Waals surface area (Å²) in [6.07, 6.45) is 5.88. The first-order valence-electron chi connectivity index (χ1n) is 9.75. The van der Waals surface area contributed by atoms with Crippen LogP contribution < -0.4 is 5.32 Å². The van der Waals surface area contributed by atoms with Crippen molar-refractivity contribution >= 4 is 5.96 Å². The van der Waals surface area contributed by atoms with Crippen molar-refractivity contribution in [2.24, 2.45) is 10.9 Å². The second-order valence-corrected chi connectivity index (χ2v) is 7.06. The monoisotopic (exact) mass is 364 g/mol. The highest BCUT2D eigenvalue weighted by atomic mass is 16.5. The van der Waals surface area contributed by atoms with Crippen LogP contribution in [0.2, 0.25) is 0 Å². The van der Waals surface area contributed by atoms with Crippen molar-refractivity contribution < 1.29 is 9.47 Å². The van der Waals surface area contributed by atoms with Gasteiger partial charge in [0, 0.05) is 46.1 Å². The molecule has 0 saturated carbocycles. The normalized spacial score (nSPS) is 20.9. The van der Waals surface area contributed by atoms with Gasteiger partial charge in [-0.2, -0.15) is 0 Å². The predicted octanol–water partition coefficient (Wildman–Crippen LogP) is 1.06. The van der Waals surface area contributed by atoms with E-state index in [4.69, 9.17) is 9.47 Å². The fraction of sp³-hybridized carbons (Fsp3) is 0.833. The molecule has 3 heterocycles. The minimum absolute atomic E-state index is 0.551. The van der Waals surface area contributed by atoms with Crippen LogP contribution >= 0.6 is 0 Å². The van der Waals surface area contributed by atoms with Crippen LogP contribution in [0.25, 0.3) is 0 Å². The Morgan fingerprint density at radius 1 is 1.23 bits per heavy atom. The molecule has 3 rings (SSSR count). The Morgan fingerprint density at radius 3 is 3.00 bits per heavy atom. The van der Waals surface area contributed by atoms with Crippen LogP contribution in [-0.4, -0.2) is 72.7 Å². The van der Waals surface area contributed by atoms with Crippen LogP contribution in [-0.2, 0) is 29.0 Å². The number of guanidine groups is 1. The number of rotatable bonds is 7. The summed E-state index contributed by atoms with van der Waals surface area (Å²) in [4.78, 5) is 6.77. The van der Waals surface area contributed by atoms with Gasteiger partial charge in [0.15, 0.2) is 11.8 Å². The zero-order valence-electron chi connectivity index (χ0n) is 16.1. The third-order valence-electron chi connectivity index (χ3n) is 5.17. The number of aliphatic imine (C=N–C) groups is 1. The van der Waals surface area contributed by atoms with Crippen LogP contribution in [0.5, 0.6) is 0 Å². The summed E-state index contributed by atoms with van der Waals surface area (Å²) in [5.41, 5.74) is 0. The van der Waals surface area contributed by atoms with Crippen LogP contribution in [0.15, 0.2) is 4.99 Å². The van der Waals surface area contributed by atoms with E-state index in [9.17, 15) is 0 Å². The summed E-state index contributed by atoms with van der Waals surface area (Å²) < 4.78 is 13.0. The van der Waals surface area contributed by atoms with E-state index >= 15 is 0 Å². The number of methoxy groups -OCH3 is 1. The largest absolute Gasteiger partial charge is 0.382 e. The van der Waals surface area contributed by atoms with Crippen LogP contribution in [0, 0.1) is 5.92 Å². The smallest absolute Gasteiger partial charge is 0.194 e. The van der Waals surface area contributed by atoms with Crippen molar-refractivity contribution in [1.29, 1.82) is 0 Å². The zero-order valence-corrected chi connectivity index (χ0v) is 16.1. The second kappa shape index (κ2) is 9.87. The fourth-order valence-corrected chi connectivity index (χ4v) is 3.72. The lowest BCUT2D eigenvalue weighted by molar-refractivity contribution is 0.0536. The summed E-state index contributed by atoms with van der Waals surface area (Å²) in [5, 5.41) is 12.2. The number of aryl methyl sites for hydroxylation is 1. The van der Waals surface area contributed by atoms with E-state index in [1.54, 1.807) is 7.11 Å². The van der Waals surface area contributed by atoms with Crippen molar-refractivity contribution in [3.05, 3.63) is 11.6 Å². The van der Waals surface area contributed by atoms with E-state index in [2.05, 4.69) is 30.0 Å². The lowest BCUT2D eigenvalue weighted by atomic mass is 10.1. The second-order valence-electron chi connectivity index (χ2n) is 7.06. The predicted molar refractivity (Wildman–Crippen MR) is 100 cm³/mol. The molecule has 1 N–H and O–H groups in total. The number of nitrogens with one attached hydrogen (secondary N) is 1. The van der Waals surface area contributed by atoms with Gasteiger partial charge in [0.1, 0.15) is 5.82 Å². The molecule has 1 saturated heterocycles. The maximum absolute atomic E-state index is 5.68. The molecule has 8 heteroatoms. The Labute approximate surface area is 156 Å². The number of likely N-dealkylation sites (tertiary alicyclic amines) is 1. The van der Waals surface area contributed by atoms with Crippen molar-refractivity contribution in [2.75, 3.05) is 47.1 Å². The highest BCUT2D eigenvalue weighted by Crippen LogP contribution is 2.17. The zero-order chi connectivity index (χ0) is 18.2. The van der Waals surface area contributed by atoms with E-state index < -0.39 is 0 Å². The first kappa shape index (κ1) is 19.1. The molecule has 146 valence electrons. The van der Waals surface area contributed by atoms with Gasteiger partial charge < -0.3 is 24.3 Å². The van der Waals surface area contributed by atoms with Gasteiger partial charge in [-0.15, -0.1) is 10.2 Å². The molecular formula is C18H32N6O2. The third-order valence-corrected chi connectivity index (χ3v) is 5.17. The average Bonchev–Trinajstić information content (AvgIpc) is 3.20. The van der Waals surface area contributed by atoms with Crippen LogP contribution in [0.3, 0.4) is 0 Å². The molecule has 1 fully saturated rings. The van der Waals surface area contributed by atoms with E-state index in [0.29, 0.717) is 25.7 Å². The number of fused-ring (bicyclic) bond motifs is 1. The lowest BCUT2D eigenvalue weighted by Crippen LogP contribution is -2.40. The minimum atomic E-state index is 0.551. The fourth-order valence-electron chi connectivity index (χ4n) is 3.72. The maximum atomic E-state index is 5.68. The van der Waals surface area contributed by atoms with Crippen LogP contribution in [0.4, 0.5) is 0 Å². The topological polar surface area (TPSA) is 76.8 Å². The van der Waals surface area contributed by atoms with E-state index in [1.165, 1.54) is 19.3 Å². The minimum Gasteiger partial charge on any atom is -0.382 e. The molecule has 1 unspecified atom stereocenters. The summed E-state index contributed by atoms with van der Waals surface area (Å²) >= 11 is 0. The molecule has 0 amide bonds. The number of hydrogen-bond acceptors (Lipinski definition) is 5. The maximum Gasteiger partial charge on any atom is 0.194 e. The average molecular weight is 364 g/mol. The van der Waals surface area contributed by atoms with Gasteiger partial charge >= 0.3 is 0 Å². The molecule has 0 spiro atoms. The quantitative estimate of drug-likeness (QED) is 0.443. The molecule has 2 aliphatic rings. The van der Waals surface area contributed by atoms with E-state index in [1.807, 2.05) is 7.05 Å². The van der Waals surface area contributed by atoms with Gasteiger partial charge in [-0.25, -0.2) is 0 Å². The van der Waals surface area contributed by atoms with Gasteiger partial charge in [-0.05, 0) is 19.3 Å². The Morgan fingerprint density at radius 2 is 2.15 bits per heavy atom. The third kappa shape index (κ3) is 4.94. The molecule has 0 aliphatic carbocycles. The lowest BCUT2D eigenvalue weighted by Gasteiger charge is -2.21. The van der Waals surface area contributed by atoms with Crippen molar-refractivity contribution in [3.63, 3.8) is 0 Å². The summed E-state index contributed by atoms with van der Waals surface area (Å²) in [6, 6.07) is 0. The van der Waals surface area contributed by atoms with Crippen molar-refractivity contribution in [2.45, 2.75) is 45.2 Å². The summed E-state index contributed by atoms with van der Waals surface area (Å²) in [7, 11) is 3.54. The number of aromatic nitrogens is 3. The molecule has 1 aromatic heterocycles. The standard InChI is InChI=1S/C18H32N6O2/c1-19-18(23-9-7-15(13-23)14-26-11-10-25-2)20-12-17-22-21-16-6-4-3-5-8-24(16)17/h15H,3-14H2,1-2H3,(H,19,20). The van der Waals surface area contributed by atoms with E-state index in [-0.39, 0.29) is 0 Å². The molecule has 1 aromatic rings. The summed E-state index contributed by atoms with van der Waals surface area (Å²) in [6.45, 7) is 5.79. The SMILES string of the molecule is CN=C(NCc1nnc2n1CCCCC2)N1CCC(COCCOC)C1. The summed E-state index contributed by atoms with van der Waals surface area (Å²) in [5.74, 6) is 3.63. The first-order valence-corrected chi connectivity index (χ1v) is 9.75. The molecule has 0 aromatic carbocycles. The van der Waals surface area contributed by atoms with Gasteiger partial charge in [-0.3, -0.25) is 4.99 Å². The molecule has 0 bridgehead atoms. The molecule has 26 heavy (non-hydrogen) atoms. The highest BCUT2D eigenvalue weighted by molar-refractivity contribution is 5.80. The number of ether oxygens (including phenoxy) is 2. The van der Waals surface area contributed by atoms with E-state index in [0.717, 1.165) is 56.7 Å². The molecule has 1 atom stereocenters. The van der Waals surface area contributed by atoms with Crippen LogP contribution in [0.1, 0.15) is 37.3 Å². The Bertz CT molecular complexity index is 588. The number of nitrogens with zero attached hydrogens (tertiary/aromatic N) is 5. The Hall–Kier alpha value is -1.67. The molecular weight excluding hydrogens is 332 g/mol. The Kier molecular flexibility index (Phi) is 7.25. The molecule has 8 nitrogen and oxygen atoms in total. The van der Waals surface area contributed by atoms with Gasteiger partial charge in [-0.1, -0.05) is 6.42 Å². The van der Waals surface area contributed by atoms with Gasteiger partial charge in [0.05, 0.1) is 26.4 Å². The first-order chi connectivity index (χ1) is 12.8. The van der Waals surface area contributed by atoms with Crippen molar-refractivity contribution in [3.8, 4) is 0 Å². The van der Waals surface area contributed by atoms with Crippen molar-refractivity contribution in [1.82, 2.24) is 25.0 Å². The number of hydrogen-bond donors (Lipinski definition) is 1. The highest BCUT2D eigenvalue weighted by Gasteiger charge is 2.25. The molecule has 0 radical (unpaired) electrons. The molecule has 2 aliphatic heterocycles.